The van der Waals surface area contributed by atoms with Crippen LogP contribution in [-0.2, 0) is 16.1 Å². The molecule has 3 rings (SSSR count). The van der Waals surface area contributed by atoms with Crippen molar-refractivity contribution in [3.05, 3.63) is 35.9 Å². The Morgan fingerprint density at radius 2 is 1.79 bits per heavy atom. The zero-order valence-electron chi connectivity index (χ0n) is 18.2. The van der Waals surface area contributed by atoms with Crippen LogP contribution in [0.2, 0.25) is 0 Å². The summed E-state index contributed by atoms with van der Waals surface area (Å²) in [5, 5.41) is 0. The van der Waals surface area contributed by atoms with Crippen LogP contribution in [0.4, 0.5) is 0 Å². The van der Waals surface area contributed by atoms with E-state index in [-0.39, 0.29) is 5.97 Å². The fourth-order valence-electron chi connectivity index (χ4n) is 4.76. The Labute approximate surface area is 171 Å². The van der Waals surface area contributed by atoms with Crippen molar-refractivity contribution in [3.8, 4) is 0 Å². The van der Waals surface area contributed by atoms with Crippen LogP contribution in [0.1, 0.15) is 52.5 Å². The summed E-state index contributed by atoms with van der Waals surface area (Å²) >= 11 is 0. The molecule has 0 radical (unpaired) electrons. The van der Waals surface area contributed by atoms with Crippen molar-refractivity contribution in [2.45, 2.75) is 59.6 Å². The number of carbonyl (C=O) groups is 1. The maximum absolute atomic E-state index is 12.8. The van der Waals surface area contributed by atoms with Gasteiger partial charge < -0.3 is 14.5 Å². The van der Waals surface area contributed by atoms with Gasteiger partial charge in [0.05, 0.1) is 5.41 Å². The lowest BCUT2D eigenvalue weighted by molar-refractivity contribution is -0.159. The standard InChI is InChI=1S/C24H38N2O2/c1-19(2)26-15-10-21(17-26)16-25-13-11-22(12-14-25)24(3,4)23(27)28-18-20-8-6-5-7-9-20/h5-9,19,21-22H,10-18H2,1-4H3/t21-/m0/s1. The van der Waals surface area contributed by atoms with Gasteiger partial charge in [0, 0.05) is 19.1 Å². The Bertz CT molecular complexity index is 621. The molecule has 0 aliphatic carbocycles. The van der Waals surface area contributed by atoms with Crippen molar-refractivity contribution in [1.29, 1.82) is 0 Å². The van der Waals surface area contributed by atoms with Gasteiger partial charge in [0.1, 0.15) is 6.61 Å². The average molecular weight is 387 g/mol. The maximum Gasteiger partial charge on any atom is 0.312 e. The minimum atomic E-state index is -0.414. The second-order valence-electron chi connectivity index (χ2n) is 9.60. The number of rotatable bonds is 7. The molecule has 4 heteroatoms. The number of piperidine rings is 1. The lowest BCUT2D eigenvalue weighted by atomic mass is 9.73. The van der Waals surface area contributed by atoms with Crippen molar-refractivity contribution < 1.29 is 9.53 Å². The molecule has 2 saturated heterocycles. The van der Waals surface area contributed by atoms with E-state index in [2.05, 4.69) is 37.5 Å². The monoisotopic (exact) mass is 386 g/mol. The molecule has 156 valence electrons. The van der Waals surface area contributed by atoms with Crippen molar-refractivity contribution in [2.24, 2.45) is 17.3 Å². The Balaban J connectivity index is 1.43. The maximum atomic E-state index is 12.8. The van der Waals surface area contributed by atoms with Crippen molar-refractivity contribution in [3.63, 3.8) is 0 Å². The molecule has 0 unspecified atom stereocenters. The van der Waals surface area contributed by atoms with Gasteiger partial charge in [-0.3, -0.25) is 4.79 Å². The summed E-state index contributed by atoms with van der Waals surface area (Å²) in [7, 11) is 0. The number of likely N-dealkylation sites (tertiary alicyclic amines) is 2. The number of carbonyl (C=O) groups excluding carboxylic acids is 1. The van der Waals surface area contributed by atoms with E-state index in [0.717, 1.165) is 37.4 Å². The molecule has 0 aromatic heterocycles. The Morgan fingerprint density at radius 1 is 1.11 bits per heavy atom. The third-order valence-electron chi connectivity index (χ3n) is 6.91. The zero-order valence-corrected chi connectivity index (χ0v) is 18.2. The summed E-state index contributed by atoms with van der Waals surface area (Å²) in [6, 6.07) is 10.6. The third-order valence-corrected chi connectivity index (χ3v) is 6.91. The van der Waals surface area contributed by atoms with Gasteiger partial charge in [-0.25, -0.2) is 0 Å². The summed E-state index contributed by atoms with van der Waals surface area (Å²) in [4.78, 5) is 18.0. The van der Waals surface area contributed by atoms with Gasteiger partial charge >= 0.3 is 5.97 Å². The van der Waals surface area contributed by atoms with Crippen molar-refractivity contribution >= 4 is 5.97 Å². The summed E-state index contributed by atoms with van der Waals surface area (Å²) in [5.41, 5.74) is 0.635. The zero-order chi connectivity index (χ0) is 20.1. The van der Waals surface area contributed by atoms with Gasteiger partial charge in [0.2, 0.25) is 0 Å². The molecule has 1 aromatic carbocycles. The quantitative estimate of drug-likeness (QED) is 0.658. The molecule has 1 atom stereocenters. The van der Waals surface area contributed by atoms with Crippen LogP contribution in [0.25, 0.3) is 0 Å². The van der Waals surface area contributed by atoms with Gasteiger partial charge in [-0.15, -0.1) is 0 Å². The van der Waals surface area contributed by atoms with E-state index in [4.69, 9.17) is 4.74 Å². The fraction of sp³-hybridized carbons (Fsp3) is 0.708. The molecular formula is C24H38N2O2. The van der Waals surface area contributed by atoms with Crippen molar-refractivity contribution in [1.82, 2.24) is 9.80 Å². The van der Waals surface area contributed by atoms with E-state index in [9.17, 15) is 4.79 Å². The topological polar surface area (TPSA) is 32.8 Å². The van der Waals surface area contributed by atoms with Gasteiger partial charge in [-0.2, -0.15) is 0 Å². The first-order valence-electron chi connectivity index (χ1n) is 11.0. The highest BCUT2D eigenvalue weighted by molar-refractivity contribution is 5.76. The normalized spacial score (nSPS) is 22.7. The molecule has 2 heterocycles. The highest BCUT2D eigenvalue weighted by Gasteiger charge is 2.40. The highest BCUT2D eigenvalue weighted by atomic mass is 16.5. The van der Waals surface area contributed by atoms with E-state index >= 15 is 0 Å². The summed E-state index contributed by atoms with van der Waals surface area (Å²) in [5.74, 6) is 1.16. The number of benzene rings is 1. The summed E-state index contributed by atoms with van der Waals surface area (Å²) in [6.45, 7) is 15.0. The van der Waals surface area contributed by atoms with Gasteiger partial charge in [-0.1, -0.05) is 30.3 Å². The van der Waals surface area contributed by atoms with Crippen LogP contribution in [0.5, 0.6) is 0 Å². The molecule has 1 aromatic rings. The number of ether oxygens (including phenoxy) is 1. The van der Waals surface area contributed by atoms with Crippen LogP contribution in [-0.4, -0.2) is 54.5 Å². The third kappa shape index (κ3) is 5.36. The van der Waals surface area contributed by atoms with Gasteiger partial charge in [0.25, 0.3) is 0 Å². The second-order valence-corrected chi connectivity index (χ2v) is 9.60. The fourth-order valence-corrected chi connectivity index (χ4v) is 4.76. The molecular weight excluding hydrogens is 348 g/mol. The lowest BCUT2D eigenvalue weighted by Crippen LogP contribution is -2.44. The van der Waals surface area contributed by atoms with Crippen molar-refractivity contribution in [2.75, 3.05) is 32.7 Å². The molecule has 0 amide bonds. The smallest absolute Gasteiger partial charge is 0.312 e. The lowest BCUT2D eigenvalue weighted by Gasteiger charge is -2.39. The molecule has 0 bridgehead atoms. The second kappa shape index (κ2) is 9.41. The average Bonchev–Trinajstić information content (AvgIpc) is 3.16. The number of esters is 1. The number of hydrogen-bond donors (Lipinski definition) is 0. The Hall–Kier alpha value is -1.39. The van der Waals surface area contributed by atoms with E-state index < -0.39 is 5.41 Å². The van der Waals surface area contributed by atoms with Crippen LogP contribution in [0.3, 0.4) is 0 Å². The van der Waals surface area contributed by atoms with E-state index in [1.54, 1.807) is 0 Å². The number of nitrogens with zero attached hydrogens (tertiary/aromatic N) is 2. The summed E-state index contributed by atoms with van der Waals surface area (Å²) in [6.07, 6.45) is 3.51. The van der Waals surface area contributed by atoms with Crippen LogP contribution >= 0.6 is 0 Å². The predicted octanol–water partition coefficient (Wildman–Crippen LogP) is 4.20. The predicted molar refractivity (Wildman–Crippen MR) is 114 cm³/mol. The summed E-state index contributed by atoms with van der Waals surface area (Å²) < 4.78 is 5.66. The van der Waals surface area contributed by atoms with Gasteiger partial charge in [0.15, 0.2) is 0 Å². The highest BCUT2D eigenvalue weighted by Crippen LogP contribution is 2.37. The first-order valence-corrected chi connectivity index (χ1v) is 11.0. The Morgan fingerprint density at radius 3 is 2.39 bits per heavy atom. The first-order chi connectivity index (χ1) is 13.4. The minimum absolute atomic E-state index is 0.0572. The Kier molecular flexibility index (Phi) is 7.16. The van der Waals surface area contributed by atoms with Crippen LogP contribution in [0, 0.1) is 17.3 Å². The molecule has 0 N–H and O–H groups in total. The van der Waals surface area contributed by atoms with E-state index in [0.29, 0.717) is 18.6 Å². The minimum Gasteiger partial charge on any atom is -0.460 e. The molecule has 2 aliphatic heterocycles. The van der Waals surface area contributed by atoms with E-state index in [1.165, 1.54) is 26.1 Å². The molecule has 2 aliphatic rings. The van der Waals surface area contributed by atoms with Crippen LogP contribution in [0.15, 0.2) is 30.3 Å². The SMILES string of the molecule is CC(C)N1CC[C@@H](CN2CCC(C(C)(C)C(=O)OCc3ccccc3)CC2)C1. The van der Waals surface area contributed by atoms with Crippen LogP contribution < -0.4 is 0 Å². The molecule has 28 heavy (non-hydrogen) atoms. The molecule has 2 fully saturated rings. The van der Waals surface area contributed by atoms with E-state index in [1.807, 2.05) is 30.3 Å². The largest absolute Gasteiger partial charge is 0.460 e. The first kappa shape index (κ1) is 21.3. The molecule has 0 spiro atoms. The number of hydrogen-bond acceptors (Lipinski definition) is 4. The molecule has 4 nitrogen and oxygen atoms in total. The molecule has 0 saturated carbocycles. The van der Waals surface area contributed by atoms with Gasteiger partial charge in [-0.05, 0) is 84.0 Å².